The van der Waals surface area contributed by atoms with Gasteiger partial charge in [0.05, 0.1) is 11.9 Å². The number of anilines is 3. The second kappa shape index (κ2) is 3.83. The number of nitrogens with two attached hydrogens (primary N) is 1. The van der Waals surface area contributed by atoms with Crippen molar-refractivity contribution in [1.82, 2.24) is 9.97 Å². The monoisotopic (exact) mass is 224 g/mol. The Labute approximate surface area is 98.5 Å². The van der Waals surface area contributed by atoms with Crippen LogP contribution in [-0.2, 0) is 0 Å². The summed E-state index contributed by atoms with van der Waals surface area (Å²) in [5.41, 5.74) is 8.39. The molecule has 0 amide bonds. The van der Waals surface area contributed by atoms with Crippen molar-refractivity contribution in [3.63, 3.8) is 0 Å². The zero-order chi connectivity index (χ0) is 11.7. The number of nitrogens with zero attached hydrogens (tertiary/aromatic N) is 1. The van der Waals surface area contributed by atoms with Crippen LogP contribution >= 0.6 is 0 Å². The lowest BCUT2D eigenvalue weighted by Crippen LogP contribution is -1.94. The number of nitrogen functional groups attached to an aromatic ring is 1. The molecule has 4 heteroatoms. The third-order valence-electron chi connectivity index (χ3n) is 2.64. The number of H-pyrrole nitrogens is 1. The van der Waals surface area contributed by atoms with Crippen LogP contribution in [0.3, 0.4) is 0 Å². The van der Waals surface area contributed by atoms with E-state index in [0.717, 1.165) is 22.4 Å². The highest BCUT2D eigenvalue weighted by Gasteiger charge is 2.02. The molecule has 2 heterocycles. The van der Waals surface area contributed by atoms with Gasteiger partial charge in [0.1, 0.15) is 5.82 Å². The van der Waals surface area contributed by atoms with Crippen LogP contribution in [0.25, 0.3) is 10.9 Å². The highest BCUT2D eigenvalue weighted by atomic mass is 15.0. The van der Waals surface area contributed by atoms with Crippen molar-refractivity contribution in [2.24, 2.45) is 0 Å². The molecule has 0 aliphatic carbocycles. The van der Waals surface area contributed by atoms with Crippen molar-refractivity contribution in [1.29, 1.82) is 0 Å². The number of rotatable bonds is 2. The minimum atomic E-state index is 0.662. The van der Waals surface area contributed by atoms with E-state index >= 15 is 0 Å². The number of aromatic nitrogens is 2. The normalized spacial score (nSPS) is 10.6. The Morgan fingerprint density at radius 2 is 2.06 bits per heavy atom. The fraction of sp³-hybridized carbons (Fsp3) is 0. The van der Waals surface area contributed by atoms with Gasteiger partial charge in [0, 0.05) is 22.8 Å². The summed E-state index contributed by atoms with van der Waals surface area (Å²) in [6.45, 7) is 0. The smallest absolute Gasteiger partial charge is 0.130 e. The summed E-state index contributed by atoms with van der Waals surface area (Å²) in [6, 6.07) is 11.8. The van der Waals surface area contributed by atoms with E-state index in [1.807, 2.05) is 42.6 Å². The van der Waals surface area contributed by atoms with Crippen molar-refractivity contribution in [3.05, 3.63) is 48.8 Å². The van der Waals surface area contributed by atoms with Gasteiger partial charge in [0.2, 0.25) is 0 Å². The molecule has 0 aliphatic rings. The van der Waals surface area contributed by atoms with Gasteiger partial charge in [0.25, 0.3) is 0 Å². The lowest BCUT2D eigenvalue weighted by Gasteiger charge is -2.06. The highest BCUT2D eigenvalue weighted by Crippen LogP contribution is 2.24. The van der Waals surface area contributed by atoms with E-state index < -0.39 is 0 Å². The van der Waals surface area contributed by atoms with E-state index in [2.05, 4.69) is 15.3 Å². The van der Waals surface area contributed by atoms with Gasteiger partial charge in [0.15, 0.2) is 0 Å². The number of hydrogen-bond donors (Lipinski definition) is 3. The fourth-order valence-electron chi connectivity index (χ4n) is 1.81. The molecule has 1 aromatic carbocycles. The Kier molecular flexibility index (Phi) is 2.19. The molecule has 0 saturated heterocycles. The van der Waals surface area contributed by atoms with Crippen molar-refractivity contribution in [3.8, 4) is 0 Å². The molecular weight excluding hydrogens is 212 g/mol. The lowest BCUT2D eigenvalue weighted by atomic mass is 10.2. The van der Waals surface area contributed by atoms with Crippen LogP contribution < -0.4 is 11.1 Å². The number of pyridine rings is 1. The Bertz CT molecular complexity index is 640. The molecule has 0 bridgehead atoms. The average molecular weight is 224 g/mol. The first-order valence-electron chi connectivity index (χ1n) is 5.37. The van der Waals surface area contributed by atoms with Crippen molar-refractivity contribution < 1.29 is 0 Å². The quantitative estimate of drug-likeness (QED) is 0.627. The van der Waals surface area contributed by atoms with Gasteiger partial charge in [-0.2, -0.15) is 0 Å². The Hall–Kier alpha value is -2.49. The first-order valence-corrected chi connectivity index (χ1v) is 5.37. The van der Waals surface area contributed by atoms with Crippen LogP contribution in [0.1, 0.15) is 0 Å². The maximum Gasteiger partial charge on any atom is 0.130 e. The van der Waals surface area contributed by atoms with Gasteiger partial charge in [-0.25, -0.2) is 4.98 Å². The van der Waals surface area contributed by atoms with Gasteiger partial charge < -0.3 is 16.0 Å². The summed E-state index contributed by atoms with van der Waals surface area (Å²) >= 11 is 0. The molecule has 2 aromatic heterocycles. The molecule has 17 heavy (non-hydrogen) atoms. The van der Waals surface area contributed by atoms with E-state index in [1.165, 1.54) is 0 Å². The molecule has 4 N–H and O–H groups in total. The van der Waals surface area contributed by atoms with E-state index in [-0.39, 0.29) is 0 Å². The molecule has 4 nitrogen and oxygen atoms in total. The molecule has 0 atom stereocenters. The van der Waals surface area contributed by atoms with Gasteiger partial charge in [-0.3, -0.25) is 0 Å². The van der Waals surface area contributed by atoms with Crippen LogP contribution in [0.5, 0.6) is 0 Å². The summed E-state index contributed by atoms with van der Waals surface area (Å²) in [5, 5.41) is 4.42. The SMILES string of the molecule is Nc1ccc(Nc2cccc3[nH]ccc23)nc1. The number of aromatic amines is 1. The predicted octanol–water partition coefficient (Wildman–Crippen LogP) is 2.89. The molecule has 0 fully saturated rings. The van der Waals surface area contributed by atoms with Gasteiger partial charge in [-0.15, -0.1) is 0 Å². The number of fused-ring (bicyclic) bond motifs is 1. The van der Waals surface area contributed by atoms with Crippen LogP contribution in [0.15, 0.2) is 48.8 Å². The third kappa shape index (κ3) is 1.80. The first-order chi connectivity index (χ1) is 8.33. The van der Waals surface area contributed by atoms with Gasteiger partial charge in [-0.05, 0) is 30.3 Å². The number of nitrogens with one attached hydrogen (secondary N) is 2. The van der Waals surface area contributed by atoms with Crippen LogP contribution in [0, 0.1) is 0 Å². The summed E-state index contributed by atoms with van der Waals surface area (Å²) in [6.07, 6.45) is 3.56. The van der Waals surface area contributed by atoms with Crippen LogP contribution in [-0.4, -0.2) is 9.97 Å². The van der Waals surface area contributed by atoms with Gasteiger partial charge >= 0.3 is 0 Å². The minimum Gasteiger partial charge on any atom is -0.397 e. The van der Waals surface area contributed by atoms with E-state index in [0.29, 0.717) is 5.69 Å². The number of benzene rings is 1. The average Bonchev–Trinajstić information content (AvgIpc) is 2.81. The van der Waals surface area contributed by atoms with Crippen molar-refractivity contribution in [2.45, 2.75) is 0 Å². The Morgan fingerprint density at radius 3 is 2.88 bits per heavy atom. The van der Waals surface area contributed by atoms with E-state index in [9.17, 15) is 0 Å². The molecule has 3 rings (SSSR count). The van der Waals surface area contributed by atoms with E-state index in [1.54, 1.807) is 6.20 Å². The third-order valence-corrected chi connectivity index (χ3v) is 2.64. The van der Waals surface area contributed by atoms with Crippen molar-refractivity contribution >= 4 is 28.1 Å². The molecule has 0 radical (unpaired) electrons. The zero-order valence-corrected chi connectivity index (χ0v) is 9.14. The van der Waals surface area contributed by atoms with Crippen molar-refractivity contribution in [2.75, 3.05) is 11.1 Å². The fourth-order valence-corrected chi connectivity index (χ4v) is 1.81. The zero-order valence-electron chi connectivity index (χ0n) is 9.14. The first kappa shape index (κ1) is 9.72. The largest absolute Gasteiger partial charge is 0.397 e. The predicted molar refractivity (Wildman–Crippen MR) is 70.2 cm³/mol. The Morgan fingerprint density at radius 1 is 1.12 bits per heavy atom. The topological polar surface area (TPSA) is 66.7 Å². The second-order valence-electron chi connectivity index (χ2n) is 3.85. The standard InChI is InChI=1S/C13H12N4/c14-9-4-5-13(16-8-9)17-12-3-1-2-11-10(12)6-7-15-11/h1-8,15H,14H2,(H,16,17). The molecule has 3 aromatic rings. The second-order valence-corrected chi connectivity index (χ2v) is 3.85. The van der Waals surface area contributed by atoms with E-state index in [4.69, 9.17) is 5.73 Å². The Balaban J connectivity index is 1.99. The summed E-state index contributed by atoms with van der Waals surface area (Å²) in [7, 11) is 0. The van der Waals surface area contributed by atoms with Gasteiger partial charge in [-0.1, -0.05) is 6.07 Å². The summed E-state index contributed by atoms with van der Waals surface area (Å²) in [5.74, 6) is 0.785. The molecule has 0 saturated carbocycles. The lowest BCUT2D eigenvalue weighted by molar-refractivity contribution is 1.31. The maximum absolute atomic E-state index is 5.60. The molecule has 0 unspecified atom stereocenters. The maximum atomic E-state index is 5.60. The summed E-state index contributed by atoms with van der Waals surface area (Å²) in [4.78, 5) is 7.39. The molecule has 84 valence electrons. The number of hydrogen-bond acceptors (Lipinski definition) is 3. The molecular formula is C13H12N4. The summed E-state index contributed by atoms with van der Waals surface area (Å²) < 4.78 is 0. The molecule has 0 spiro atoms. The highest BCUT2D eigenvalue weighted by molar-refractivity contribution is 5.93. The van der Waals surface area contributed by atoms with Crippen LogP contribution in [0.4, 0.5) is 17.2 Å². The van der Waals surface area contributed by atoms with Crippen LogP contribution in [0.2, 0.25) is 0 Å². The minimum absolute atomic E-state index is 0.662. The molecule has 0 aliphatic heterocycles.